The highest BCUT2D eigenvalue weighted by atomic mass is 14.2. The zero-order valence-corrected chi connectivity index (χ0v) is 4.57. The minimum Gasteiger partial charge on any atom is -0.107 e. The topological polar surface area (TPSA) is 0 Å². The molecule has 1 aliphatic rings. The molecule has 1 saturated carbocycles. The molecule has 1 rings (SSSR count). The Morgan fingerprint density at radius 3 is 3.00 bits per heavy atom. The van der Waals surface area contributed by atoms with Crippen LogP contribution < -0.4 is 0 Å². The Kier molecular flexibility index (Phi) is 1.36. The van der Waals surface area contributed by atoms with Crippen LogP contribution in [0.5, 0.6) is 0 Å². The molecule has 0 heteroatoms. The molecule has 0 N–H and O–H groups in total. The number of hydrogen-bond donors (Lipinski definition) is 0. The SMILES string of the molecule is CC#CCC1[CH]C1. The Morgan fingerprint density at radius 1 is 1.86 bits per heavy atom. The zero-order valence-electron chi connectivity index (χ0n) is 4.57. The van der Waals surface area contributed by atoms with Crippen molar-refractivity contribution in [1.82, 2.24) is 0 Å². The highest BCUT2D eigenvalue weighted by molar-refractivity contribution is 5.05. The molecule has 1 unspecified atom stereocenters. The lowest BCUT2D eigenvalue weighted by molar-refractivity contribution is 0.915. The van der Waals surface area contributed by atoms with E-state index in [-0.39, 0.29) is 0 Å². The van der Waals surface area contributed by atoms with Crippen molar-refractivity contribution in [2.24, 2.45) is 5.92 Å². The highest BCUT2D eigenvalue weighted by Crippen LogP contribution is 2.29. The van der Waals surface area contributed by atoms with Gasteiger partial charge in [0.15, 0.2) is 0 Å². The third-order valence-electron chi connectivity index (χ3n) is 1.11. The summed E-state index contributed by atoms with van der Waals surface area (Å²) >= 11 is 0. The third kappa shape index (κ3) is 1.64. The van der Waals surface area contributed by atoms with Crippen molar-refractivity contribution in [3.8, 4) is 11.8 Å². The molecule has 0 spiro atoms. The van der Waals surface area contributed by atoms with Crippen molar-refractivity contribution in [1.29, 1.82) is 0 Å². The Morgan fingerprint density at radius 2 is 2.57 bits per heavy atom. The summed E-state index contributed by atoms with van der Waals surface area (Å²) in [5.41, 5.74) is 0. The van der Waals surface area contributed by atoms with Crippen LogP contribution in [-0.4, -0.2) is 0 Å². The predicted octanol–water partition coefficient (Wildman–Crippen LogP) is 1.62. The lowest BCUT2D eigenvalue weighted by Crippen LogP contribution is -1.66. The van der Waals surface area contributed by atoms with E-state index < -0.39 is 0 Å². The summed E-state index contributed by atoms with van der Waals surface area (Å²) in [6.45, 7) is 1.89. The highest BCUT2D eigenvalue weighted by Gasteiger charge is 2.19. The molecule has 0 bridgehead atoms. The minimum absolute atomic E-state index is 0.854. The fourth-order valence-electron chi connectivity index (χ4n) is 0.496. The average molecular weight is 93.1 g/mol. The second-order valence-electron chi connectivity index (χ2n) is 1.86. The summed E-state index contributed by atoms with van der Waals surface area (Å²) in [4.78, 5) is 0. The van der Waals surface area contributed by atoms with Crippen LogP contribution in [0, 0.1) is 24.2 Å². The van der Waals surface area contributed by atoms with Gasteiger partial charge >= 0.3 is 0 Å². The second kappa shape index (κ2) is 2.02. The molecule has 1 radical (unpaired) electrons. The lowest BCUT2D eigenvalue weighted by Gasteiger charge is -1.75. The van der Waals surface area contributed by atoms with Crippen LogP contribution in [0.4, 0.5) is 0 Å². The fourth-order valence-corrected chi connectivity index (χ4v) is 0.496. The van der Waals surface area contributed by atoms with E-state index in [4.69, 9.17) is 0 Å². The van der Waals surface area contributed by atoms with Gasteiger partial charge in [0, 0.05) is 6.42 Å². The van der Waals surface area contributed by atoms with E-state index in [1.54, 1.807) is 0 Å². The second-order valence-corrected chi connectivity index (χ2v) is 1.86. The predicted molar refractivity (Wildman–Crippen MR) is 30.5 cm³/mol. The van der Waals surface area contributed by atoms with E-state index in [2.05, 4.69) is 18.3 Å². The third-order valence-corrected chi connectivity index (χ3v) is 1.11. The van der Waals surface area contributed by atoms with Crippen molar-refractivity contribution in [3.63, 3.8) is 0 Å². The van der Waals surface area contributed by atoms with Gasteiger partial charge in [0.25, 0.3) is 0 Å². The van der Waals surface area contributed by atoms with E-state index >= 15 is 0 Å². The molecule has 0 saturated heterocycles. The van der Waals surface area contributed by atoms with Crippen LogP contribution in [0.3, 0.4) is 0 Å². The quantitative estimate of drug-likeness (QED) is 0.432. The molecule has 1 aliphatic carbocycles. The van der Waals surface area contributed by atoms with Gasteiger partial charge < -0.3 is 0 Å². The Hall–Kier alpha value is -0.440. The maximum atomic E-state index is 3.03. The molecule has 0 aromatic heterocycles. The molecule has 1 fully saturated rings. The molecule has 0 aromatic carbocycles. The van der Waals surface area contributed by atoms with Crippen molar-refractivity contribution in [3.05, 3.63) is 6.42 Å². The minimum atomic E-state index is 0.854. The molecule has 37 valence electrons. The summed E-state index contributed by atoms with van der Waals surface area (Å²) in [6.07, 6.45) is 4.69. The van der Waals surface area contributed by atoms with E-state index in [1.807, 2.05) is 6.92 Å². The van der Waals surface area contributed by atoms with E-state index in [1.165, 1.54) is 6.42 Å². The molecule has 0 heterocycles. The van der Waals surface area contributed by atoms with Crippen molar-refractivity contribution in [2.75, 3.05) is 0 Å². The summed E-state index contributed by atoms with van der Waals surface area (Å²) in [5, 5.41) is 0. The van der Waals surface area contributed by atoms with Gasteiger partial charge in [-0.25, -0.2) is 0 Å². The Balaban J connectivity index is 2.05. The normalized spacial score (nSPS) is 17.9. The molecule has 1 atom stereocenters. The van der Waals surface area contributed by atoms with Gasteiger partial charge in [-0.05, 0) is 25.7 Å². The Labute approximate surface area is 44.9 Å². The van der Waals surface area contributed by atoms with Crippen LogP contribution in [0.25, 0.3) is 0 Å². The van der Waals surface area contributed by atoms with Crippen molar-refractivity contribution in [2.45, 2.75) is 19.8 Å². The largest absolute Gasteiger partial charge is 0.107 e. The zero-order chi connectivity index (χ0) is 5.11. The summed E-state index contributed by atoms with van der Waals surface area (Å²) in [5.74, 6) is 6.75. The first-order valence-corrected chi connectivity index (χ1v) is 2.66. The maximum Gasteiger partial charge on any atom is 0.0120 e. The summed E-state index contributed by atoms with van der Waals surface area (Å²) < 4.78 is 0. The first-order chi connectivity index (χ1) is 3.43. The number of rotatable bonds is 1. The first-order valence-electron chi connectivity index (χ1n) is 2.66. The first kappa shape index (κ1) is 4.71. The summed E-state index contributed by atoms with van der Waals surface area (Å²) in [7, 11) is 0. The van der Waals surface area contributed by atoms with Crippen LogP contribution in [0.1, 0.15) is 19.8 Å². The van der Waals surface area contributed by atoms with Crippen molar-refractivity contribution < 1.29 is 0 Å². The van der Waals surface area contributed by atoms with E-state index in [9.17, 15) is 0 Å². The van der Waals surface area contributed by atoms with Gasteiger partial charge in [-0.1, -0.05) is 0 Å². The van der Waals surface area contributed by atoms with Gasteiger partial charge in [0.1, 0.15) is 0 Å². The van der Waals surface area contributed by atoms with Crippen molar-refractivity contribution >= 4 is 0 Å². The standard InChI is InChI=1S/C7H9/c1-2-3-4-7-5-6-7/h5,7H,4,6H2,1H3. The molecule has 0 aliphatic heterocycles. The molecular weight excluding hydrogens is 84.1 g/mol. The van der Waals surface area contributed by atoms with Gasteiger partial charge in [-0.3, -0.25) is 0 Å². The summed E-state index contributed by atoms with van der Waals surface area (Å²) in [6, 6.07) is 0. The molecule has 0 nitrogen and oxygen atoms in total. The smallest absolute Gasteiger partial charge is 0.0120 e. The number of hydrogen-bond acceptors (Lipinski definition) is 0. The van der Waals surface area contributed by atoms with Crippen LogP contribution >= 0.6 is 0 Å². The molecule has 0 aromatic rings. The van der Waals surface area contributed by atoms with Gasteiger partial charge in [0.05, 0.1) is 0 Å². The average Bonchev–Trinajstić information content (AvgIpc) is 2.42. The monoisotopic (exact) mass is 93.1 g/mol. The van der Waals surface area contributed by atoms with Gasteiger partial charge in [-0.2, -0.15) is 0 Å². The van der Waals surface area contributed by atoms with Gasteiger partial charge in [0.2, 0.25) is 0 Å². The van der Waals surface area contributed by atoms with Crippen LogP contribution in [0.2, 0.25) is 0 Å². The molecule has 7 heavy (non-hydrogen) atoms. The van der Waals surface area contributed by atoms with Crippen LogP contribution in [0.15, 0.2) is 0 Å². The molecule has 0 amide bonds. The van der Waals surface area contributed by atoms with E-state index in [0.29, 0.717) is 0 Å². The van der Waals surface area contributed by atoms with Gasteiger partial charge in [-0.15, -0.1) is 11.8 Å². The lowest BCUT2D eigenvalue weighted by atomic mass is 10.3. The Bertz CT molecular complexity index is 98.9. The molecular formula is C7H9. The fraction of sp³-hybridized carbons (Fsp3) is 0.571. The van der Waals surface area contributed by atoms with Crippen LogP contribution in [-0.2, 0) is 0 Å². The maximum absolute atomic E-state index is 3.03. The van der Waals surface area contributed by atoms with E-state index in [0.717, 1.165) is 12.3 Å².